The van der Waals surface area contributed by atoms with Crippen LogP contribution in [0.4, 0.5) is 0 Å². The summed E-state index contributed by atoms with van der Waals surface area (Å²) in [6.45, 7) is 0. The minimum absolute atomic E-state index is 0.645. The van der Waals surface area contributed by atoms with Crippen LogP contribution in [0.5, 0.6) is 0 Å². The molecule has 2 heterocycles. The van der Waals surface area contributed by atoms with Crippen molar-refractivity contribution >= 4 is 32.4 Å². The van der Waals surface area contributed by atoms with Gasteiger partial charge in [0.2, 0.25) is 0 Å². The van der Waals surface area contributed by atoms with E-state index in [1.165, 1.54) is 16.3 Å². The maximum Gasteiger partial charge on any atom is 0.164 e. The zero-order valence-electron chi connectivity index (χ0n) is 29.3. The molecular formula is C50H32N4. The van der Waals surface area contributed by atoms with Crippen molar-refractivity contribution in [3.63, 3.8) is 0 Å². The van der Waals surface area contributed by atoms with E-state index in [0.717, 1.165) is 66.3 Å². The Hall–Kier alpha value is -7.30. The summed E-state index contributed by atoms with van der Waals surface area (Å²) in [4.78, 5) is 20.1. The first-order chi connectivity index (χ1) is 26.8. The van der Waals surface area contributed by atoms with E-state index in [-0.39, 0.29) is 0 Å². The summed E-state index contributed by atoms with van der Waals surface area (Å²) in [7, 11) is 0. The third-order valence-electron chi connectivity index (χ3n) is 10.1. The van der Waals surface area contributed by atoms with Crippen LogP contribution in [0.2, 0.25) is 0 Å². The Balaban J connectivity index is 1.10. The Bertz CT molecular complexity index is 2900. The van der Waals surface area contributed by atoms with E-state index in [9.17, 15) is 0 Å². The van der Waals surface area contributed by atoms with Crippen LogP contribution in [0.3, 0.4) is 0 Å². The van der Waals surface area contributed by atoms with E-state index >= 15 is 0 Å². The Kier molecular flexibility index (Phi) is 7.77. The van der Waals surface area contributed by atoms with Crippen molar-refractivity contribution in [3.05, 3.63) is 194 Å². The van der Waals surface area contributed by atoms with Gasteiger partial charge in [0.15, 0.2) is 17.5 Å². The van der Waals surface area contributed by atoms with Crippen molar-refractivity contribution < 1.29 is 0 Å². The highest BCUT2D eigenvalue weighted by Gasteiger charge is 2.17. The molecule has 10 rings (SSSR count). The highest BCUT2D eigenvalue weighted by atomic mass is 15.0. The van der Waals surface area contributed by atoms with Crippen LogP contribution >= 0.6 is 0 Å². The molecule has 0 bridgehead atoms. The van der Waals surface area contributed by atoms with Gasteiger partial charge in [-0.15, -0.1) is 0 Å². The molecule has 0 aliphatic rings. The van der Waals surface area contributed by atoms with Crippen LogP contribution in [0.25, 0.3) is 100 Å². The Morgan fingerprint density at radius 1 is 0.278 bits per heavy atom. The monoisotopic (exact) mass is 688 g/mol. The van der Waals surface area contributed by atoms with E-state index < -0.39 is 0 Å². The van der Waals surface area contributed by atoms with Crippen LogP contribution in [-0.2, 0) is 0 Å². The van der Waals surface area contributed by atoms with Crippen LogP contribution in [0.1, 0.15) is 0 Å². The summed E-state index contributed by atoms with van der Waals surface area (Å²) < 4.78 is 0. The number of aromatic nitrogens is 4. The van der Waals surface area contributed by atoms with Gasteiger partial charge in [-0.2, -0.15) is 0 Å². The Morgan fingerprint density at radius 3 is 1.39 bits per heavy atom. The van der Waals surface area contributed by atoms with Crippen molar-refractivity contribution in [2.75, 3.05) is 0 Å². The van der Waals surface area contributed by atoms with E-state index in [1.54, 1.807) is 0 Å². The second kappa shape index (κ2) is 13.4. The molecule has 252 valence electrons. The molecule has 10 aromatic rings. The number of hydrogen-bond donors (Lipinski definition) is 0. The highest BCUT2D eigenvalue weighted by molar-refractivity contribution is 6.14. The molecule has 8 aromatic carbocycles. The molecule has 0 spiro atoms. The molecule has 0 saturated carbocycles. The fourth-order valence-electron chi connectivity index (χ4n) is 7.50. The lowest BCUT2D eigenvalue weighted by Gasteiger charge is -2.15. The first-order valence-corrected chi connectivity index (χ1v) is 18.1. The van der Waals surface area contributed by atoms with Gasteiger partial charge in [0.05, 0.1) is 11.2 Å². The summed E-state index contributed by atoms with van der Waals surface area (Å²) >= 11 is 0. The quantitative estimate of drug-likeness (QED) is 0.163. The van der Waals surface area contributed by atoms with E-state index in [2.05, 4.69) is 127 Å². The SMILES string of the molecule is c1ccc(-c2cc(-c3ccc(-c4ccc(-c5nc(-c6ccccc6)nc(-c6ccccc6)n5)c5ccccc45)cc3)c3c(ccc4ccccc43)n2)cc1. The average Bonchev–Trinajstić information content (AvgIpc) is 3.26. The number of pyridine rings is 1. The normalized spacial score (nSPS) is 11.3. The number of hydrogen-bond acceptors (Lipinski definition) is 4. The predicted molar refractivity (Wildman–Crippen MR) is 223 cm³/mol. The predicted octanol–water partition coefficient (Wildman–Crippen LogP) is 12.7. The van der Waals surface area contributed by atoms with Gasteiger partial charge in [0.1, 0.15) is 0 Å². The van der Waals surface area contributed by atoms with Crippen LogP contribution in [0.15, 0.2) is 194 Å². The molecule has 0 radical (unpaired) electrons. The van der Waals surface area contributed by atoms with Crippen molar-refractivity contribution in [2.45, 2.75) is 0 Å². The van der Waals surface area contributed by atoms with Crippen LogP contribution < -0.4 is 0 Å². The Morgan fingerprint density at radius 2 is 0.759 bits per heavy atom. The van der Waals surface area contributed by atoms with E-state index in [0.29, 0.717) is 17.5 Å². The first-order valence-electron chi connectivity index (χ1n) is 18.1. The van der Waals surface area contributed by atoms with Crippen molar-refractivity contribution in [3.8, 4) is 67.7 Å². The highest BCUT2D eigenvalue weighted by Crippen LogP contribution is 2.39. The molecule has 4 heteroatoms. The number of rotatable bonds is 6. The first kappa shape index (κ1) is 31.4. The zero-order chi connectivity index (χ0) is 35.8. The molecule has 54 heavy (non-hydrogen) atoms. The van der Waals surface area contributed by atoms with Gasteiger partial charge in [-0.3, -0.25) is 0 Å². The molecule has 0 aliphatic heterocycles. The molecule has 0 amide bonds. The van der Waals surface area contributed by atoms with Crippen LogP contribution in [0, 0.1) is 0 Å². The summed E-state index contributed by atoms with van der Waals surface area (Å²) in [6.07, 6.45) is 0. The van der Waals surface area contributed by atoms with E-state index in [4.69, 9.17) is 19.9 Å². The van der Waals surface area contributed by atoms with Gasteiger partial charge in [0, 0.05) is 27.6 Å². The fourth-order valence-corrected chi connectivity index (χ4v) is 7.50. The molecule has 0 N–H and O–H groups in total. The smallest absolute Gasteiger partial charge is 0.164 e. The molecule has 0 fully saturated rings. The summed E-state index contributed by atoms with van der Waals surface area (Å²) in [5.74, 6) is 1.94. The topological polar surface area (TPSA) is 51.6 Å². The lowest BCUT2D eigenvalue weighted by atomic mass is 9.91. The molecule has 0 unspecified atom stereocenters. The second-order valence-corrected chi connectivity index (χ2v) is 13.4. The third kappa shape index (κ3) is 5.67. The molecule has 0 aliphatic carbocycles. The van der Waals surface area contributed by atoms with Gasteiger partial charge in [-0.25, -0.2) is 19.9 Å². The minimum atomic E-state index is 0.645. The maximum absolute atomic E-state index is 5.15. The summed E-state index contributed by atoms with van der Waals surface area (Å²) in [6, 6.07) is 67.6. The summed E-state index contributed by atoms with van der Waals surface area (Å²) in [5, 5.41) is 5.79. The number of fused-ring (bicyclic) bond motifs is 4. The lowest BCUT2D eigenvalue weighted by molar-refractivity contribution is 1.08. The van der Waals surface area contributed by atoms with Crippen molar-refractivity contribution in [1.29, 1.82) is 0 Å². The van der Waals surface area contributed by atoms with Crippen LogP contribution in [-0.4, -0.2) is 19.9 Å². The lowest BCUT2D eigenvalue weighted by Crippen LogP contribution is -2.00. The van der Waals surface area contributed by atoms with Crippen molar-refractivity contribution in [2.24, 2.45) is 0 Å². The van der Waals surface area contributed by atoms with Gasteiger partial charge in [-0.05, 0) is 62.0 Å². The standard InChI is InChI=1S/C50H32N4/c1-4-15-36(16-5-1)46-32-44(47-40-21-11-10-14-33(40)28-31-45(47)51-46)35-26-24-34(25-27-35)39-29-30-43(42-23-13-12-22-41(39)42)50-53-48(37-17-6-2-7-18-37)52-49(54-50)38-19-8-3-9-20-38/h1-32H. The van der Waals surface area contributed by atoms with Gasteiger partial charge in [0.25, 0.3) is 0 Å². The average molecular weight is 689 g/mol. The minimum Gasteiger partial charge on any atom is -0.248 e. The molecule has 2 aromatic heterocycles. The third-order valence-corrected chi connectivity index (χ3v) is 10.1. The second-order valence-electron chi connectivity index (χ2n) is 13.4. The number of benzene rings is 8. The maximum atomic E-state index is 5.15. The Labute approximate surface area is 313 Å². The number of nitrogens with zero attached hydrogens (tertiary/aromatic N) is 4. The van der Waals surface area contributed by atoms with E-state index in [1.807, 2.05) is 66.7 Å². The zero-order valence-corrected chi connectivity index (χ0v) is 29.3. The molecule has 0 atom stereocenters. The van der Waals surface area contributed by atoms with Gasteiger partial charge < -0.3 is 0 Å². The van der Waals surface area contributed by atoms with Gasteiger partial charge in [-0.1, -0.05) is 176 Å². The van der Waals surface area contributed by atoms with Gasteiger partial charge >= 0.3 is 0 Å². The fraction of sp³-hybridized carbons (Fsp3) is 0. The molecule has 4 nitrogen and oxygen atoms in total. The molecular weight excluding hydrogens is 657 g/mol. The van der Waals surface area contributed by atoms with Crippen molar-refractivity contribution in [1.82, 2.24) is 19.9 Å². The molecule has 0 saturated heterocycles. The summed E-state index contributed by atoms with van der Waals surface area (Å²) in [5.41, 5.74) is 10.5. The largest absolute Gasteiger partial charge is 0.248 e.